The van der Waals surface area contributed by atoms with Gasteiger partial charge in [-0.05, 0) is 59.6 Å². The van der Waals surface area contributed by atoms with Crippen molar-refractivity contribution < 1.29 is 9.90 Å². The van der Waals surface area contributed by atoms with E-state index in [1.54, 1.807) is 12.1 Å². The first-order valence-corrected chi connectivity index (χ1v) is 11.3. The molecule has 5 N–H and O–H groups in total. The Hall–Kier alpha value is -3.28. The van der Waals surface area contributed by atoms with E-state index in [9.17, 15) is 9.90 Å². The third-order valence-corrected chi connectivity index (χ3v) is 5.77. The van der Waals surface area contributed by atoms with Gasteiger partial charge in [0.2, 0.25) is 0 Å². The second-order valence-corrected chi connectivity index (χ2v) is 8.68. The molecule has 0 unspecified atom stereocenters. The number of carboxylic acid groups (broad SMARTS) is 1. The highest BCUT2D eigenvalue weighted by Crippen LogP contribution is 2.33. The number of aromatic carboxylic acids is 1. The van der Waals surface area contributed by atoms with Gasteiger partial charge in [-0.15, -0.1) is 0 Å². The van der Waals surface area contributed by atoms with Gasteiger partial charge in [-0.2, -0.15) is 0 Å². The second kappa shape index (κ2) is 11.0. The Morgan fingerprint density at radius 2 is 1.76 bits per heavy atom. The average molecular weight is 444 g/mol. The number of aromatic nitrogens is 1. The zero-order valence-electron chi connectivity index (χ0n) is 19.6. The number of benzene rings is 2. The number of aryl methyl sites for hydroxylation is 1. The molecule has 1 aromatic heterocycles. The Morgan fingerprint density at radius 3 is 2.36 bits per heavy atom. The summed E-state index contributed by atoms with van der Waals surface area (Å²) in [5.41, 5.74) is 20.4. The Kier molecular flexibility index (Phi) is 8.15. The number of allylic oxidation sites excluding steroid dienone is 1. The monoisotopic (exact) mass is 443 g/mol. The molecule has 2 aromatic carbocycles. The molecule has 1 heterocycles. The molecule has 5 heteroatoms. The van der Waals surface area contributed by atoms with E-state index in [-0.39, 0.29) is 0 Å². The van der Waals surface area contributed by atoms with Crippen molar-refractivity contribution >= 4 is 12.0 Å². The minimum Gasteiger partial charge on any atom is -0.478 e. The van der Waals surface area contributed by atoms with Gasteiger partial charge in [-0.1, -0.05) is 68.5 Å². The van der Waals surface area contributed by atoms with E-state index in [0.717, 1.165) is 51.2 Å². The fourth-order valence-corrected chi connectivity index (χ4v) is 4.15. The lowest BCUT2D eigenvalue weighted by Gasteiger charge is -2.20. The van der Waals surface area contributed by atoms with Crippen LogP contribution < -0.4 is 11.5 Å². The molecule has 33 heavy (non-hydrogen) atoms. The van der Waals surface area contributed by atoms with Crippen molar-refractivity contribution in [1.82, 2.24) is 4.98 Å². The highest BCUT2D eigenvalue weighted by atomic mass is 16.4. The van der Waals surface area contributed by atoms with Crippen LogP contribution >= 0.6 is 0 Å². The normalized spacial score (nSPS) is 11.5. The van der Waals surface area contributed by atoms with Crippen molar-refractivity contribution in [3.8, 4) is 11.1 Å². The van der Waals surface area contributed by atoms with Gasteiger partial charge in [-0.3, -0.25) is 4.98 Å². The van der Waals surface area contributed by atoms with E-state index in [4.69, 9.17) is 16.5 Å². The summed E-state index contributed by atoms with van der Waals surface area (Å²) in [5, 5.41) is 9.48. The van der Waals surface area contributed by atoms with Crippen molar-refractivity contribution in [3.63, 3.8) is 0 Å². The molecule has 3 rings (SSSR count). The molecule has 0 fully saturated rings. The first kappa shape index (κ1) is 24.4. The quantitative estimate of drug-likeness (QED) is 0.426. The Morgan fingerprint density at radius 1 is 1.06 bits per heavy atom. The van der Waals surface area contributed by atoms with Crippen molar-refractivity contribution in [2.75, 3.05) is 0 Å². The van der Waals surface area contributed by atoms with E-state index in [2.05, 4.69) is 26.0 Å². The van der Waals surface area contributed by atoms with Crippen LogP contribution in [0.15, 0.2) is 54.6 Å². The van der Waals surface area contributed by atoms with Gasteiger partial charge < -0.3 is 16.6 Å². The third kappa shape index (κ3) is 5.75. The summed E-state index contributed by atoms with van der Waals surface area (Å²) in [6.07, 6.45) is 5.42. The standard InChI is InChI=1S/C28H33N3O2/c1-18(2)15-26-25(17-30)27(22-13-11-20(16-29)12-14-22)23(19(3)31-26)10-6-8-21-7-4-5-9-24(21)28(32)33/h4-7,9-14,18H,8,15-17,29-30H2,1-3H3,(H,32,33)/b10-6+. The lowest BCUT2D eigenvalue weighted by molar-refractivity contribution is 0.0696. The predicted octanol–water partition coefficient (Wildman–Crippen LogP) is 5.13. The van der Waals surface area contributed by atoms with Gasteiger partial charge in [-0.25, -0.2) is 4.79 Å². The summed E-state index contributed by atoms with van der Waals surface area (Å²) in [6, 6.07) is 15.4. The summed E-state index contributed by atoms with van der Waals surface area (Å²) >= 11 is 0. The van der Waals surface area contributed by atoms with Crippen LogP contribution in [-0.4, -0.2) is 16.1 Å². The molecule has 0 atom stereocenters. The minimum absolute atomic E-state index is 0.324. The average Bonchev–Trinajstić information content (AvgIpc) is 2.80. The molecular weight excluding hydrogens is 410 g/mol. The summed E-state index contributed by atoms with van der Waals surface area (Å²) in [7, 11) is 0. The molecule has 0 aliphatic carbocycles. The SMILES string of the molecule is Cc1nc(CC(C)C)c(CN)c(-c2ccc(CN)cc2)c1/C=C/Cc1ccccc1C(=O)O. The van der Waals surface area contributed by atoms with E-state index in [0.29, 0.717) is 31.0 Å². The van der Waals surface area contributed by atoms with Crippen LogP contribution in [0, 0.1) is 12.8 Å². The lowest BCUT2D eigenvalue weighted by Crippen LogP contribution is -2.12. The number of hydrogen-bond donors (Lipinski definition) is 3. The molecule has 0 bridgehead atoms. The van der Waals surface area contributed by atoms with Crippen LogP contribution in [0.25, 0.3) is 17.2 Å². The second-order valence-electron chi connectivity index (χ2n) is 8.68. The zero-order chi connectivity index (χ0) is 24.0. The van der Waals surface area contributed by atoms with E-state index >= 15 is 0 Å². The maximum Gasteiger partial charge on any atom is 0.335 e. The molecular formula is C28H33N3O2. The van der Waals surface area contributed by atoms with Crippen molar-refractivity contribution in [1.29, 1.82) is 0 Å². The minimum atomic E-state index is -0.916. The Bertz CT molecular complexity index is 1150. The van der Waals surface area contributed by atoms with Gasteiger partial charge in [0.1, 0.15) is 0 Å². The summed E-state index contributed by atoms with van der Waals surface area (Å²) in [4.78, 5) is 16.5. The molecule has 0 amide bonds. The van der Waals surface area contributed by atoms with Gasteiger partial charge in [0.25, 0.3) is 0 Å². The smallest absolute Gasteiger partial charge is 0.335 e. The summed E-state index contributed by atoms with van der Waals surface area (Å²) in [5.74, 6) is -0.454. The molecule has 0 saturated carbocycles. The summed E-state index contributed by atoms with van der Waals surface area (Å²) in [6.45, 7) is 7.27. The van der Waals surface area contributed by atoms with E-state index in [1.165, 1.54) is 0 Å². The number of nitrogens with zero attached hydrogens (tertiary/aromatic N) is 1. The number of nitrogens with two attached hydrogens (primary N) is 2. The van der Waals surface area contributed by atoms with Crippen molar-refractivity contribution in [3.05, 3.63) is 93.8 Å². The van der Waals surface area contributed by atoms with Gasteiger partial charge in [0, 0.05) is 30.0 Å². The molecule has 5 nitrogen and oxygen atoms in total. The molecule has 0 aliphatic heterocycles. The maximum atomic E-state index is 11.6. The number of rotatable bonds is 9. The molecule has 3 aromatic rings. The first-order chi connectivity index (χ1) is 15.8. The lowest BCUT2D eigenvalue weighted by atomic mass is 9.89. The highest BCUT2D eigenvalue weighted by molar-refractivity contribution is 5.89. The Balaban J connectivity index is 2.11. The van der Waals surface area contributed by atoms with E-state index in [1.807, 2.05) is 43.3 Å². The predicted molar refractivity (Wildman–Crippen MR) is 135 cm³/mol. The molecule has 0 spiro atoms. The molecule has 0 aliphatic rings. The van der Waals surface area contributed by atoms with E-state index < -0.39 is 5.97 Å². The number of carboxylic acids is 1. The van der Waals surface area contributed by atoms with Crippen LogP contribution in [-0.2, 0) is 25.9 Å². The zero-order valence-corrected chi connectivity index (χ0v) is 19.6. The highest BCUT2D eigenvalue weighted by Gasteiger charge is 2.18. The largest absolute Gasteiger partial charge is 0.478 e. The van der Waals surface area contributed by atoms with Gasteiger partial charge >= 0.3 is 5.97 Å². The van der Waals surface area contributed by atoms with Crippen LogP contribution in [0.4, 0.5) is 0 Å². The van der Waals surface area contributed by atoms with Crippen LogP contribution in [0.1, 0.15) is 57.8 Å². The van der Waals surface area contributed by atoms with Crippen molar-refractivity contribution in [2.24, 2.45) is 17.4 Å². The number of hydrogen-bond acceptors (Lipinski definition) is 4. The first-order valence-electron chi connectivity index (χ1n) is 11.3. The molecule has 172 valence electrons. The Labute approximate surface area is 196 Å². The van der Waals surface area contributed by atoms with Gasteiger partial charge in [0.15, 0.2) is 0 Å². The van der Waals surface area contributed by atoms with Crippen LogP contribution in [0.5, 0.6) is 0 Å². The van der Waals surface area contributed by atoms with Crippen LogP contribution in [0.3, 0.4) is 0 Å². The van der Waals surface area contributed by atoms with Crippen molar-refractivity contribution in [2.45, 2.75) is 46.7 Å². The third-order valence-electron chi connectivity index (χ3n) is 5.77. The maximum absolute atomic E-state index is 11.6. The topological polar surface area (TPSA) is 102 Å². The fraction of sp³-hybridized carbons (Fsp3) is 0.286. The summed E-state index contributed by atoms with van der Waals surface area (Å²) < 4.78 is 0. The molecule has 0 radical (unpaired) electrons. The fourth-order valence-electron chi connectivity index (χ4n) is 4.15. The number of pyridine rings is 1. The van der Waals surface area contributed by atoms with Gasteiger partial charge in [0.05, 0.1) is 5.56 Å². The number of carbonyl (C=O) groups is 1. The van der Waals surface area contributed by atoms with Crippen LogP contribution in [0.2, 0.25) is 0 Å². The molecule has 0 saturated heterocycles.